The molecule has 1 heterocycles. The van der Waals surface area contributed by atoms with Crippen molar-refractivity contribution in [2.45, 2.75) is 19.8 Å². The second-order valence-electron chi connectivity index (χ2n) is 3.52. The van der Waals surface area contributed by atoms with Gasteiger partial charge in [0.1, 0.15) is 0 Å². The van der Waals surface area contributed by atoms with Crippen LogP contribution in [0.1, 0.15) is 19.8 Å². The molecule has 1 saturated heterocycles. The summed E-state index contributed by atoms with van der Waals surface area (Å²) in [5, 5.41) is 2.86. The molecule has 0 aromatic carbocycles. The first-order chi connectivity index (χ1) is 6.22. The van der Waals surface area contributed by atoms with E-state index in [0.29, 0.717) is 6.54 Å². The third-order valence-electron chi connectivity index (χ3n) is 2.29. The molecule has 74 valence electrons. The maximum atomic E-state index is 11.2. The average molecular weight is 182 g/mol. The van der Waals surface area contributed by atoms with Crippen molar-refractivity contribution in [3.8, 4) is 0 Å². The zero-order valence-electron chi connectivity index (χ0n) is 8.31. The van der Waals surface area contributed by atoms with E-state index in [2.05, 4.69) is 23.7 Å². The summed E-state index contributed by atoms with van der Waals surface area (Å²) in [6.45, 7) is 9.25. The van der Waals surface area contributed by atoms with Gasteiger partial charge in [-0.1, -0.05) is 19.1 Å². The van der Waals surface area contributed by atoms with Gasteiger partial charge < -0.3 is 5.32 Å². The molecule has 0 bridgehead atoms. The number of rotatable bonds is 3. The van der Waals surface area contributed by atoms with Crippen molar-refractivity contribution in [3.63, 3.8) is 0 Å². The Morgan fingerprint density at radius 1 is 1.69 bits per heavy atom. The lowest BCUT2D eigenvalue weighted by Gasteiger charge is -2.18. The van der Waals surface area contributed by atoms with Crippen molar-refractivity contribution < 1.29 is 4.79 Å². The summed E-state index contributed by atoms with van der Waals surface area (Å²) in [5.41, 5.74) is 1.20. The first-order valence-electron chi connectivity index (χ1n) is 4.88. The molecule has 3 nitrogen and oxygen atoms in total. The van der Waals surface area contributed by atoms with Gasteiger partial charge in [0.05, 0.1) is 6.54 Å². The van der Waals surface area contributed by atoms with Crippen molar-refractivity contribution in [2.75, 3.05) is 26.2 Å². The summed E-state index contributed by atoms with van der Waals surface area (Å²) < 4.78 is 0. The fourth-order valence-electron chi connectivity index (χ4n) is 1.43. The van der Waals surface area contributed by atoms with Crippen LogP contribution in [0.3, 0.4) is 0 Å². The molecular weight excluding hydrogens is 164 g/mol. The van der Waals surface area contributed by atoms with Gasteiger partial charge in [0, 0.05) is 19.6 Å². The Hall–Kier alpha value is -0.830. The molecule has 1 fully saturated rings. The summed E-state index contributed by atoms with van der Waals surface area (Å²) in [7, 11) is 0. The molecule has 0 aromatic heterocycles. The normalized spacial score (nSPS) is 19.3. The molecule has 0 spiro atoms. The number of hydrogen-bond acceptors (Lipinski definition) is 2. The molecule has 13 heavy (non-hydrogen) atoms. The minimum atomic E-state index is 0.140. The Kier molecular flexibility index (Phi) is 3.96. The van der Waals surface area contributed by atoms with Crippen molar-refractivity contribution >= 4 is 5.91 Å². The van der Waals surface area contributed by atoms with Crippen LogP contribution in [0.15, 0.2) is 12.2 Å². The highest BCUT2D eigenvalue weighted by molar-refractivity contribution is 5.78. The molecule has 3 heteroatoms. The maximum Gasteiger partial charge on any atom is 0.234 e. The standard InChI is InChI=1S/C10H18N2O/c1-3-9(2)7-12-6-4-5-11-10(13)8-12/h2-8H2,1H3,(H,11,13). The fraction of sp³-hybridized carbons (Fsp3) is 0.700. The summed E-state index contributed by atoms with van der Waals surface area (Å²) in [6.07, 6.45) is 2.04. The molecule has 1 rings (SSSR count). The summed E-state index contributed by atoms with van der Waals surface area (Å²) in [4.78, 5) is 13.3. The van der Waals surface area contributed by atoms with Crippen LogP contribution in [0.2, 0.25) is 0 Å². The zero-order valence-corrected chi connectivity index (χ0v) is 8.31. The van der Waals surface area contributed by atoms with Crippen molar-refractivity contribution in [1.29, 1.82) is 0 Å². The molecule has 0 atom stereocenters. The van der Waals surface area contributed by atoms with Crippen molar-refractivity contribution in [1.82, 2.24) is 10.2 Å². The highest BCUT2D eigenvalue weighted by Gasteiger charge is 2.14. The first-order valence-corrected chi connectivity index (χ1v) is 4.88. The van der Waals surface area contributed by atoms with Gasteiger partial charge in [-0.05, 0) is 12.8 Å². The van der Waals surface area contributed by atoms with Gasteiger partial charge in [0.15, 0.2) is 0 Å². The molecule has 0 saturated carbocycles. The van der Waals surface area contributed by atoms with Gasteiger partial charge in [-0.3, -0.25) is 9.69 Å². The van der Waals surface area contributed by atoms with Gasteiger partial charge in [-0.15, -0.1) is 0 Å². The van der Waals surface area contributed by atoms with E-state index >= 15 is 0 Å². The van der Waals surface area contributed by atoms with Crippen LogP contribution in [-0.2, 0) is 4.79 Å². The van der Waals surface area contributed by atoms with Crippen LogP contribution in [-0.4, -0.2) is 37.0 Å². The Balaban J connectivity index is 2.39. The van der Waals surface area contributed by atoms with E-state index in [1.807, 2.05) is 0 Å². The number of amides is 1. The smallest absolute Gasteiger partial charge is 0.234 e. The van der Waals surface area contributed by atoms with E-state index in [-0.39, 0.29) is 5.91 Å². The van der Waals surface area contributed by atoms with E-state index in [9.17, 15) is 4.79 Å². The predicted molar refractivity (Wildman–Crippen MR) is 53.5 cm³/mol. The minimum absolute atomic E-state index is 0.140. The molecular formula is C10H18N2O. The summed E-state index contributed by atoms with van der Waals surface area (Å²) >= 11 is 0. The third kappa shape index (κ3) is 3.59. The molecule has 0 unspecified atom stereocenters. The number of nitrogens with zero attached hydrogens (tertiary/aromatic N) is 1. The number of carbonyl (C=O) groups is 1. The molecule has 0 aliphatic carbocycles. The second kappa shape index (κ2) is 5.02. The van der Waals surface area contributed by atoms with E-state index < -0.39 is 0 Å². The largest absolute Gasteiger partial charge is 0.355 e. The number of hydrogen-bond donors (Lipinski definition) is 1. The van der Waals surface area contributed by atoms with E-state index in [0.717, 1.165) is 32.5 Å². The number of carbonyl (C=O) groups excluding carboxylic acids is 1. The lowest BCUT2D eigenvalue weighted by atomic mass is 10.2. The van der Waals surface area contributed by atoms with Crippen LogP contribution in [0.5, 0.6) is 0 Å². The van der Waals surface area contributed by atoms with Gasteiger partial charge >= 0.3 is 0 Å². The second-order valence-corrected chi connectivity index (χ2v) is 3.52. The Morgan fingerprint density at radius 3 is 3.15 bits per heavy atom. The van der Waals surface area contributed by atoms with Crippen LogP contribution < -0.4 is 5.32 Å². The SMILES string of the molecule is C=C(CC)CN1CCCNC(=O)C1. The van der Waals surface area contributed by atoms with Crippen LogP contribution in [0.4, 0.5) is 0 Å². The van der Waals surface area contributed by atoms with E-state index in [4.69, 9.17) is 0 Å². The summed E-state index contributed by atoms with van der Waals surface area (Å²) in [6, 6.07) is 0. The van der Waals surface area contributed by atoms with Gasteiger partial charge in [-0.2, -0.15) is 0 Å². The van der Waals surface area contributed by atoms with Crippen molar-refractivity contribution in [3.05, 3.63) is 12.2 Å². The molecule has 1 N–H and O–H groups in total. The van der Waals surface area contributed by atoms with E-state index in [1.54, 1.807) is 0 Å². The molecule has 1 aliphatic rings. The third-order valence-corrected chi connectivity index (χ3v) is 2.29. The first kappa shape index (κ1) is 10.3. The Morgan fingerprint density at radius 2 is 2.46 bits per heavy atom. The lowest BCUT2D eigenvalue weighted by molar-refractivity contribution is -0.121. The molecule has 0 radical (unpaired) electrons. The van der Waals surface area contributed by atoms with E-state index in [1.165, 1.54) is 5.57 Å². The molecule has 0 aromatic rings. The quantitative estimate of drug-likeness (QED) is 0.654. The van der Waals surface area contributed by atoms with Crippen LogP contribution in [0.25, 0.3) is 0 Å². The summed E-state index contributed by atoms with van der Waals surface area (Å²) in [5.74, 6) is 0.140. The average Bonchev–Trinajstić information content (AvgIpc) is 2.30. The zero-order chi connectivity index (χ0) is 9.68. The van der Waals surface area contributed by atoms with Crippen LogP contribution in [0, 0.1) is 0 Å². The lowest BCUT2D eigenvalue weighted by Crippen LogP contribution is -2.34. The molecule has 1 aliphatic heterocycles. The Bertz CT molecular complexity index is 201. The Labute approximate surface area is 79.8 Å². The maximum absolute atomic E-state index is 11.2. The highest BCUT2D eigenvalue weighted by atomic mass is 16.2. The van der Waals surface area contributed by atoms with Crippen molar-refractivity contribution in [2.24, 2.45) is 0 Å². The van der Waals surface area contributed by atoms with Crippen LogP contribution >= 0.6 is 0 Å². The fourth-order valence-corrected chi connectivity index (χ4v) is 1.43. The van der Waals surface area contributed by atoms with Gasteiger partial charge in [-0.25, -0.2) is 0 Å². The highest BCUT2D eigenvalue weighted by Crippen LogP contribution is 2.03. The minimum Gasteiger partial charge on any atom is -0.355 e. The number of nitrogens with one attached hydrogen (secondary N) is 1. The van der Waals surface area contributed by atoms with Gasteiger partial charge in [0.25, 0.3) is 0 Å². The molecule has 1 amide bonds. The predicted octanol–water partition coefficient (Wildman–Crippen LogP) is 0.774. The monoisotopic (exact) mass is 182 g/mol. The van der Waals surface area contributed by atoms with Gasteiger partial charge in [0.2, 0.25) is 5.91 Å². The topological polar surface area (TPSA) is 32.3 Å².